The highest BCUT2D eigenvalue weighted by Gasteiger charge is 2.45. The number of rotatable bonds is 1. The van der Waals surface area contributed by atoms with Gasteiger partial charge in [0.2, 0.25) is 0 Å². The largest absolute Gasteiger partial charge is 0.419 e. The minimum absolute atomic E-state index is 0.0120. The molecular weight excluding hydrogens is 1540 g/mol. The molecule has 0 unspecified atom stereocenters. The predicted octanol–water partition coefficient (Wildman–Crippen LogP) is 32.7. The Morgan fingerprint density at radius 1 is 0.261 bits per heavy atom. The first-order valence-electron chi connectivity index (χ1n) is 36.8. The van der Waals surface area contributed by atoms with Gasteiger partial charge in [-0.3, -0.25) is 0 Å². The van der Waals surface area contributed by atoms with Crippen LogP contribution in [-0.2, 0) is 24.7 Å². The molecule has 11 rings (SSSR count). The number of hydrogen-bond donors (Lipinski definition) is 0. The number of aryl methyl sites for hydroxylation is 20. The summed E-state index contributed by atoms with van der Waals surface area (Å²) in [6.45, 7) is 40.3. The molecule has 1 aliphatic rings. The number of hydrogen-bond acceptors (Lipinski definition) is 0. The average molecular weight is 1650 g/mol. The van der Waals surface area contributed by atoms with Crippen molar-refractivity contribution in [2.24, 2.45) is 11.8 Å². The molecule has 10 aromatic carbocycles. The van der Waals surface area contributed by atoms with Crippen molar-refractivity contribution in [2.45, 2.75) is 216 Å². The van der Waals surface area contributed by atoms with Crippen LogP contribution in [0.25, 0.3) is 0 Å². The third-order valence-corrected chi connectivity index (χ3v) is 18.5. The van der Waals surface area contributed by atoms with Gasteiger partial charge in [0, 0.05) is 16.1 Å². The maximum absolute atomic E-state index is 13.0. The smallest absolute Gasteiger partial charge is 0.207 e. The molecule has 0 spiro atoms. The summed E-state index contributed by atoms with van der Waals surface area (Å²) in [5.74, 6) is -1.67. The van der Waals surface area contributed by atoms with Crippen LogP contribution in [0.4, 0.5) is 87.8 Å². The number of halogens is 21. The first kappa shape index (κ1) is 104. The van der Waals surface area contributed by atoms with Gasteiger partial charge in [0.05, 0.1) is 22.3 Å². The van der Waals surface area contributed by atoms with E-state index in [1.54, 1.807) is 58.0 Å². The lowest BCUT2D eigenvalue weighted by Gasteiger charge is -2.22. The topological polar surface area (TPSA) is 0 Å². The quantitative estimate of drug-likeness (QED) is 0.144. The van der Waals surface area contributed by atoms with Crippen molar-refractivity contribution in [3.63, 3.8) is 0 Å². The molecule has 0 atom stereocenters. The fourth-order valence-electron chi connectivity index (χ4n) is 10.6. The molecule has 1 aliphatic carbocycles. The Hall–Kier alpha value is -8.91. The Morgan fingerprint density at radius 2 is 0.548 bits per heavy atom. The van der Waals surface area contributed by atoms with Crippen molar-refractivity contribution in [3.8, 4) is 0 Å². The van der Waals surface area contributed by atoms with Crippen molar-refractivity contribution < 1.29 is 87.8 Å². The monoisotopic (exact) mass is 1650 g/mol. The Balaban J connectivity index is 0.000000636. The lowest BCUT2D eigenvalue weighted by molar-refractivity contribution is -0.162. The lowest BCUT2D eigenvalue weighted by atomic mass is 9.84. The van der Waals surface area contributed by atoms with Crippen LogP contribution >= 0.6 is 11.6 Å². The van der Waals surface area contributed by atoms with Gasteiger partial charge >= 0.3 is 24.7 Å². The predicted molar refractivity (Wildman–Crippen MR) is 430 cm³/mol. The molecule has 0 N–H and O–H groups in total. The van der Waals surface area contributed by atoms with E-state index in [-0.39, 0.29) is 33.6 Å². The van der Waals surface area contributed by atoms with E-state index in [4.69, 9.17) is 11.6 Å². The molecule has 21 heteroatoms. The maximum atomic E-state index is 13.0. The molecule has 0 aromatic heterocycles. The van der Waals surface area contributed by atoms with E-state index in [0.717, 1.165) is 65.6 Å². The number of alkyl halides is 14. The molecule has 1 saturated carbocycles. The van der Waals surface area contributed by atoms with E-state index in [1.807, 2.05) is 52.0 Å². The van der Waals surface area contributed by atoms with E-state index < -0.39 is 93.6 Å². The normalized spacial score (nSPS) is 12.8. The summed E-state index contributed by atoms with van der Waals surface area (Å²) in [5, 5.41) is 0.856. The molecule has 0 amide bonds. The Kier molecular flexibility index (Phi) is 43.4. The zero-order valence-corrected chi connectivity index (χ0v) is 70.3. The van der Waals surface area contributed by atoms with Crippen LogP contribution in [0.5, 0.6) is 0 Å². The summed E-state index contributed by atoms with van der Waals surface area (Å²) in [7, 11) is 0. The Bertz CT molecular complexity index is 4410. The fraction of sp³-hybridized carbons (Fsp3) is 0.362. The molecule has 630 valence electrons. The summed E-state index contributed by atoms with van der Waals surface area (Å²) >= 11 is 5.81. The third kappa shape index (κ3) is 38.2. The third-order valence-electron chi connectivity index (χ3n) is 18.1. The fourth-order valence-corrected chi connectivity index (χ4v) is 10.8. The molecule has 0 heterocycles. The summed E-state index contributed by atoms with van der Waals surface area (Å²) in [6.07, 6.45) is -15.3. The minimum atomic E-state index is -5.00. The van der Waals surface area contributed by atoms with Gasteiger partial charge in [0.1, 0.15) is 23.3 Å². The van der Waals surface area contributed by atoms with Crippen LogP contribution in [-0.4, -0.2) is 0 Å². The van der Waals surface area contributed by atoms with Crippen LogP contribution in [0.3, 0.4) is 0 Å². The van der Waals surface area contributed by atoms with Crippen molar-refractivity contribution in [1.82, 2.24) is 0 Å². The van der Waals surface area contributed by atoms with Gasteiger partial charge < -0.3 is 0 Å². The van der Waals surface area contributed by atoms with E-state index in [2.05, 4.69) is 97.0 Å². The molecule has 0 saturated heterocycles. The zero-order chi connectivity index (χ0) is 88.7. The van der Waals surface area contributed by atoms with Crippen molar-refractivity contribution in [3.05, 3.63) is 348 Å². The Morgan fingerprint density at radius 3 is 0.852 bits per heavy atom. The Labute approximate surface area is 672 Å². The van der Waals surface area contributed by atoms with E-state index in [1.165, 1.54) is 143 Å². The van der Waals surface area contributed by atoms with Gasteiger partial charge in [-0.2, -0.15) is 52.7 Å². The number of benzene rings is 10. The van der Waals surface area contributed by atoms with Crippen LogP contribution in [0.2, 0.25) is 5.02 Å². The van der Waals surface area contributed by atoms with Gasteiger partial charge in [-0.15, -0.1) is 0 Å². The highest BCUT2D eigenvalue weighted by molar-refractivity contribution is 6.31. The minimum Gasteiger partial charge on any atom is -0.207 e. The summed E-state index contributed by atoms with van der Waals surface area (Å²) < 4.78 is 249. The highest BCUT2D eigenvalue weighted by Crippen LogP contribution is 2.44. The van der Waals surface area contributed by atoms with E-state index >= 15 is 0 Å². The van der Waals surface area contributed by atoms with Crippen molar-refractivity contribution in [1.29, 1.82) is 0 Å². The molecule has 0 aliphatic heterocycles. The first-order chi connectivity index (χ1) is 52.8. The molecular formula is C94H107ClF20. The van der Waals surface area contributed by atoms with Crippen LogP contribution in [0.15, 0.2) is 164 Å². The average Bonchev–Trinajstić information content (AvgIpc) is 0.769. The summed E-state index contributed by atoms with van der Waals surface area (Å²) in [6, 6.07) is 46.1. The molecule has 10 aromatic rings. The standard InChI is InChI=1S/C10H8F6.C9H8F4.C9H9F3.C9H10F2.C9H12.C8H9Cl.2C8H8F2.C8H9F.C8H16.C8H10/c1-5-3-4-6(2)8(10(14,15)16)7(5)9(11,12)13;1-5-3-4-6(2)8(10)7(5)9(11,12)13;1-6-3-4-7(2)8(5-6)9(10,11)12;1-6-3-4-7(2)8(5-6)9(10)11;1-7-4-5-8(2)9(3)6-7;1-6-3-4-7(2)8(9)5-6;1-5-3-7(9)6(2)8(10)4-5;1-5-3-4-6(2)8(10)7(5)9;1-6-3-4-7(2)8(9)5-6;2*1-7-3-5-8(2)6-4-7/h3-4H,1-2H3;3-4H,1-2H3;3-5H,1-2H3;3-5,9H,1-2H3;4-6H,1-3H3;3-5H,1-2H3;2*3-4H,1-2H3;3-5H,1-2H3;7-8H,3-6H2,1-2H3;3-6H,1-2H3. The van der Waals surface area contributed by atoms with E-state index in [9.17, 15) is 87.8 Å². The van der Waals surface area contributed by atoms with Gasteiger partial charge in [0.15, 0.2) is 11.6 Å². The van der Waals surface area contributed by atoms with E-state index in [0.29, 0.717) is 33.4 Å². The van der Waals surface area contributed by atoms with Gasteiger partial charge in [-0.1, -0.05) is 212 Å². The van der Waals surface area contributed by atoms with Crippen LogP contribution in [0.1, 0.15) is 191 Å². The van der Waals surface area contributed by atoms with Crippen molar-refractivity contribution >= 4 is 11.6 Å². The molecule has 0 radical (unpaired) electrons. The summed E-state index contributed by atoms with van der Waals surface area (Å²) in [5.41, 5.74) is 8.96. The zero-order valence-electron chi connectivity index (χ0n) is 69.6. The highest BCUT2D eigenvalue weighted by atomic mass is 35.5. The van der Waals surface area contributed by atoms with Crippen LogP contribution in [0, 0.1) is 192 Å². The molecule has 1 fully saturated rings. The van der Waals surface area contributed by atoms with Crippen molar-refractivity contribution in [2.75, 3.05) is 0 Å². The molecule has 0 nitrogen and oxygen atoms in total. The SMILES string of the molecule is CC1CCC(C)CC1.Cc1cc(F)c(C)c(F)c1.Cc1ccc(C)c(C(F)(F)F)c1.Cc1ccc(C)c(C(F)(F)F)c1C(F)(F)F.Cc1ccc(C)c(C(F)(F)F)c1F.Cc1ccc(C)c(C(F)F)c1.Cc1ccc(C)c(C)c1.Cc1ccc(C)c(Cl)c1.Cc1ccc(C)c(F)c1.Cc1ccc(C)c(F)c1F.Cc1ccc(C)cc1. The van der Waals surface area contributed by atoms with Gasteiger partial charge in [-0.05, 0) is 271 Å². The maximum Gasteiger partial charge on any atom is 0.419 e. The first-order valence-corrected chi connectivity index (χ1v) is 37.1. The summed E-state index contributed by atoms with van der Waals surface area (Å²) in [4.78, 5) is 0. The molecule has 115 heavy (non-hydrogen) atoms. The lowest BCUT2D eigenvalue weighted by Crippen LogP contribution is -2.19. The second-order valence-corrected chi connectivity index (χ2v) is 29.5. The van der Waals surface area contributed by atoms with Crippen LogP contribution < -0.4 is 0 Å². The second-order valence-electron chi connectivity index (χ2n) is 29.1. The molecule has 0 bridgehead atoms. The second kappa shape index (κ2) is 48.0. The van der Waals surface area contributed by atoms with Gasteiger partial charge in [0.25, 0.3) is 6.43 Å². The van der Waals surface area contributed by atoms with Gasteiger partial charge in [-0.25, -0.2) is 35.1 Å².